The highest BCUT2D eigenvalue weighted by Crippen LogP contribution is 2.51. The first kappa shape index (κ1) is 29.4. The number of aliphatic hydroxyl groups excluding tert-OH is 1. The fourth-order valence-corrected chi connectivity index (χ4v) is 6.68. The number of rotatable bonds is 13. The number of benzene rings is 1. The molecule has 4 atom stereocenters. The molecule has 5 N–H and O–H groups in total. The summed E-state index contributed by atoms with van der Waals surface area (Å²) in [6.07, 6.45) is 11.5. The Labute approximate surface area is 241 Å². The van der Waals surface area contributed by atoms with E-state index >= 15 is 0 Å². The van der Waals surface area contributed by atoms with Crippen molar-refractivity contribution in [3.05, 3.63) is 71.2 Å². The van der Waals surface area contributed by atoms with E-state index in [0.717, 1.165) is 61.2 Å². The molecule has 1 aliphatic heterocycles. The van der Waals surface area contributed by atoms with Crippen molar-refractivity contribution in [1.82, 2.24) is 19.7 Å². The fourth-order valence-electron chi connectivity index (χ4n) is 6.68. The van der Waals surface area contributed by atoms with Crippen molar-refractivity contribution in [3.63, 3.8) is 0 Å². The molecular weight excluding hydrogens is 524 g/mol. The van der Waals surface area contributed by atoms with Gasteiger partial charge in [-0.25, -0.2) is 8.78 Å². The van der Waals surface area contributed by atoms with E-state index in [2.05, 4.69) is 53.0 Å². The Morgan fingerprint density at radius 2 is 2.00 bits per heavy atom. The summed E-state index contributed by atoms with van der Waals surface area (Å²) in [5.41, 5.74) is 8.57. The van der Waals surface area contributed by atoms with E-state index in [-0.39, 0.29) is 11.6 Å². The van der Waals surface area contributed by atoms with Gasteiger partial charge in [-0.15, -0.1) is 0 Å². The number of H-pyrrole nitrogens is 1. The third-order valence-electron chi connectivity index (χ3n) is 9.42. The van der Waals surface area contributed by atoms with E-state index in [9.17, 15) is 13.9 Å². The number of hydrogen-bond donors (Lipinski definition) is 4. The fraction of sp³-hybridized carbons (Fsp3) is 0.548. The van der Waals surface area contributed by atoms with Gasteiger partial charge in [-0.1, -0.05) is 26.8 Å². The Morgan fingerprint density at radius 1 is 1.20 bits per heavy atom. The summed E-state index contributed by atoms with van der Waals surface area (Å²) in [4.78, 5) is 9.84. The zero-order valence-corrected chi connectivity index (χ0v) is 24.2. The van der Waals surface area contributed by atoms with Crippen LogP contribution in [0.5, 0.6) is 0 Å². The molecule has 10 heteroatoms. The van der Waals surface area contributed by atoms with Crippen molar-refractivity contribution in [2.45, 2.75) is 70.7 Å². The van der Waals surface area contributed by atoms with Gasteiger partial charge in [-0.3, -0.25) is 14.6 Å². The SMILES string of the molecule is CCCN(CCC(C)C(C)C1CC(CCN)(n2cc(C3N=CNc4[nH]ccc43)cn2)C1)C(O)c1ccc(F)c(F)c1. The molecule has 0 saturated heterocycles. The average Bonchev–Trinajstić information content (AvgIpc) is 3.64. The van der Waals surface area contributed by atoms with Crippen LogP contribution in [0.4, 0.5) is 14.6 Å². The number of aromatic nitrogens is 3. The van der Waals surface area contributed by atoms with E-state index in [0.29, 0.717) is 43.0 Å². The number of nitrogens with zero attached hydrogens (tertiary/aromatic N) is 4. The highest BCUT2D eigenvalue weighted by Gasteiger charge is 2.48. The van der Waals surface area contributed by atoms with Gasteiger partial charge in [-0.2, -0.15) is 5.10 Å². The van der Waals surface area contributed by atoms with Crippen LogP contribution in [0.25, 0.3) is 0 Å². The Balaban J connectivity index is 1.20. The maximum Gasteiger partial charge on any atom is 0.159 e. The number of halogens is 2. The second-order valence-electron chi connectivity index (χ2n) is 12.0. The predicted molar refractivity (Wildman–Crippen MR) is 157 cm³/mol. The van der Waals surface area contributed by atoms with Gasteiger partial charge in [0.15, 0.2) is 11.6 Å². The van der Waals surface area contributed by atoms with E-state index in [1.807, 2.05) is 17.3 Å². The van der Waals surface area contributed by atoms with E-state index < -0.39 is 17.9 Å². The number of aliphatic imine (C=N–C) groups is 1. The second kappa shape index (κ2) is 12.4. The molecule has 0 bridgehead atoms. The second-order valence-corrected chi connectivity index (χ2v) is 12.0. The Hall–Kier alpha value is -3.08. The van der Waals surface area contributed by atoms with Crippen molar-refractivity contribution in [3.8, 4) is 0 Å². The molecule has 1 fully saturated rings. The molecule has 41 heavy (non-hydrogen) atoms. The number of nitrogens with one attached hydrogen (secondary N) is 2. The molecule has 1 aromatic carbocycles. The monoisotopic (exact) mass is 567 g/mol. The lowest BCUT2D eigenvalue weighted by Crippen LogP contribution is -2.50. The molecule has 0 radical (unpaired) electrons. The zero-order valence-electron chi connectivity index (χ0n) is 24.2. The van der Waals surface area contributed by atoms with Gasteiger partial charge >= 0.3 is 0 Å². The zero-order chi connectivity index (χ0) is 29.1. The van der Waals surface area contributed by atoms with Gasteiger partial charge in [0, 0.05) is 36.6 Å². The van der Waals surface area contributed by atoms with Crippen LogP contribution in [0.15, 0.2) is 47.8 Å². The molecule has 5 rings (SSSR count). The number of nitrogens with two attached hydrogens (primary N) is 1. The first-order valence-electron chi connectivity index (χ1n) is 14.8. The highest BCUT2D eigenvalue weighted by atomic mass is 19.2. The van der Waals surface area contributed by atoms with Crippen LogP contribution in [0.2, 0.25) is 0 Å². The number of fused-ring (bicyclic) bond motifs is 1. The van der Waals surface area contributed by atoms with E-state index in [1.165, 1.54) is 6.07 Å². The predicted octanol–water partition coefficient (Wildman–Crippen LogP) is 5.55. The van der Waals surface area contributed by atoms with Gasteiger partial charge in [0.2, 0.25) is 0 Å². The maximum absolute atomic E-state index is 13.8. The average molecular weight is 568 g/mol. The van der Waals surface area contributed by atoms with Crippen molar-refractivity contribution >= 4 is 12.2 Å². The van der Waals surface area contributed by atoms with Crippen LogP contribution < -0.4 is 11.1 Å². The minimum Gasteiger partial charge on any atom is -0.374 e. The number of aromatic amines is 1. The van der Waals surface area contributed by atoms with Crippen LogP contribution in [0, 0.1) is 29.4 Å². The smallest absolute Gasteiger partial charge is 0.159 e. The minimum absolute atomic E-state index is 0.0798. The Kier molecular flexibility index (Phi) is 8.91. The molecular formula is C31H43F2N7O. The van der Waals surface area contributed by atoms with Gasteiger partial charge in [0.05, 0.1) is 18.1 Å². The van der Waals surface area contributed by atoms with Crippen molar-refractivity contribution in [2.75, 3.05) is 25.0 Å². The Bertz CT molecular complexity index is 1330. The summed E-state index contributed by atoms with van der Waals surface area (Å²) >= 11 is 0. The summed E-state index contributed by atoms with van der Waals surface area (Å²) in [7, 11) is 0. The molecule has 2 aromatic heterocycles. The van der Waals surface area contributed by atoms with Crippen molar-refractivity contribution < 1.29 is 13.9 Å². The third kappa shape index (κ3) is 5.96. The van der Waals surface area contributed by atoms with Crippen molar-refractivity contribution in [2.24, 2.45) is 28.5 Å². The molecule has 1 saturated carbocycles. The van der Waals surface area contributed by atoms with Gasteiger partial charge in [0.1, 0.15) is 18.1 Å². The quantitative estimate of drug-likeness (QED) is 0.203. The first-order valence-corrected chi connectivity index (χ1v) is 14.8. The molecule has 0 amide bonds. The van der Waals surface area contributed by atoms with Crippen LogP contribution in [0.1, 0.15) is 81.8 Å². The van der Waals surface area contributed by atoms with Crippen LogP contribution in [0.3, 0.4) is 0 Å². The molecule has 2 aliphatic rings. The summed E-state index contributed by atoms with van der Waals surface area (Å²) in [6.45, 7) is 8.61. The minimum atomic E-state index is -0.964. The lowest BCUT2D eigenvalue weighted by Gasteiger charge is -2.51. The van der Waals surface area contributed by atoms with Crippen LogP contribution in [-0.4, -0.2) is 50.7 Å². The standard InChI is InChI=1S/C31H43F2N7O/c1-4-12-39(30(41)22-5-6-26(32)27(33)14-22)13-8-20(2)21(3)23-15-31(16-23,9-10-34)40-18-24(17-38-40)28-25-7-11-35-29(25)37-19-36-28/h5-7,11,14,17-21,23,28,30,35,41H,4,8-10,12-13,15-16,34H2,1-3H3,(H,36,37). The topological polar surface area (TPSA) is 107 Å². The number of anilines is 1. The summed E-state index contributed by atoms with van der Waals surface area (Å²) in [5, 5.41) is 18.9. The lowest BCUT2D eigenvalue weighted by atomic mass is 9.60. The summed E-state index contributed by atoms with van der Waals surface area (Å²) < 4.78 is 29.3. The molecule has 4 unspecified atom stereocenters. The molecule has 8 nitrogen and oxygen atoms in total. The number of hydrogen-bond acceptors (Lipinski definition) is 6. The molecule has 222 valence electrons. The summed E-state index contributed by atoms with van der Waals surface area (Å²) in [6, 6.07) is 5.60. The van der Waals surface area contributed by atoms with Crippen LogP contribution in [-0.2, 0) is 5.54 Å². The molecule has 3 heterocycles. The summed E-state index contributed by atoms with van der Waals surface area (Å²) in [5.74, 6) is 0.585. The largest absolute Gasteiger partial charge is 0.374 e. The first-order chi connectivity index (χ1) is 19.8. The normalized spacial score (nSPS) is 24.0. The van der Waals surface area contributed by atoms with Gasteiger partial charge in [0.25, 0.3) is 0 Å². The lowest BCUT2D eigenvalue weighted by molar-refractivity contribution is -0.0167. The maximum atomic E-state index is 13.8. The molecule has 1 aliphatic carbocycles. The van der Waals surface area contributed by atoms with Gasteiger partial charge < -0.3 is 21.1 Å². The molecule has 0 spiro atoms. The Morgan fingerprint density at radius 3 is 2.73 bits per heavy atom. The van der Waals surface area contributed by atoms with Crippen molar-refractivity contribution in [1.29, 1.82) is 0 Å². The highest BCUT2D eigenvalue weighted by molar-refractivity contribution is 5.79. The van der Waals surface area contributed by atoms with Gasteiger partial charge in [-0.05, 0) is 80.2 Å². The number of aliphatic hydroxyl groups is 1. The van der Waals surface area contributed by atoms with E-state index in [1.54, 1.807) is 6.34 Å². The van der Waals surface area contributed by atoms with E-state index in [4.69, 9.17) is 10.8 Å². The third-order valence-corrected chi connectivity index (χ3v) is 9.42. The molecule has 3 aromatic rings. The van der Waals surface area contributed by atoms with Crippen LogP contribution >= 0.6 is 0 Å².